The molecule has 0 radical (unpaired) electrons. The molecule has 0 amide bonds. The van der Waals surface area contributed by atoms with E-state index in [0.29, 0.717) is 11.6 Å². The number of nitrogens with one attached hydrogen (secondary N) is 1. The third kappa shape index (κ3) is 3.21. The van der Waals surface area contributed by atoms with Crippen molar-refractivity contribution < 1.29 is 0 Å². The number of hydrogen-bond donors (Lipinski definition) is 1. The van der Waals surface area contributed by atoms with E-state index >= 15 is 0 Å². The fourth-order valence-corrected chi connectivity index (χ4v) is 1.95. The highest BCUT2D eigenvalue weighted by molar-refractivity contribution is 5.49. The summed E-state index contributed by atoms with van der Waals surface area (Å²) in [6.07, 6.45) is 2.68. The van der Waals surface area contributed by atoms with Gasteiger partial charge in [-0.15, -0.1) is 0 Å². The van der Waals surface area contributed by atoms with E-state index in [1.807, 2.05) is 24.3 Å². The van der Waals surface area contributed by atoms with Gasteiger partial charge in [0.05, 0.1) is 11.6 Å². The SMILES string of the molecule is CC(CNc1cccc(C#N)c1)N(C)C1CC1. The first-order chi connectivity index (χ1) is 8.20. The van der Waals surface area contributed by atoms with Gasteiger partial charge in [-0.1, -0.05) is 6.07 Å². The summed E-state index contributed by atoms with van der Waals surface area (Å²) in [6.45, 7) is 3.15. The Bertz CT molecular complexity index is 418. The fraction of sp³-hybridized carbons (Fsp3) is 0.500. The van der Waals surface area contributed by atoms with Gasteiger partial charge in [0.25, 0.3) is 0 Å². The number of likely N-dealkylation sites (N-methyl/N-ethyl adjacent to an activating group) is 1. The van der Waals surface area contributed by atoms with E-state index in [1.165, 1.54) is 12.8 Å². The van der Waals surface area contributed by atoms with Crippen LogP contribution in [0, 0.1) is 11.3 Å². The van der Waals surface area contributed by atoms with Crippen LogP contribution in [0.5, 0.6) is 0 Å². The Kier molecular flexibility index (Phi) is 3.65. The average Bonchev–Trinajstić information content (AvgIpc) is 3.19. The lowest BCUT2D eigenvalue weighted by Crippen LogP contribution is -2.36. The van der Waals surface area contributed by atoms with E-state index in [2.05, 4.69) is 30.3 Å². The van der Waals surface area contributed by atoms with Crippen molar-refractivity contribution in [3.8, 4) is 6.07 Å². The van der Waals surface area contributed by atoms with Crippen molar-refractivity contribution in [1.82, 2.24) is 4.90 Å². The molecule has 1 atom stereocenters. The van der Waals surface area contributed by atoms with Crippen molar-refractivity contribution >= 4 is 5.69 Å². The maximum Gasteiger partial charge on any atom is 0.0992 e. The van der Waals surface area contributed by atoms with E-state index in [-0.39, 0.29) is 0 Å². The van der Waals surface area contributed by atoms with E-state index in [9.17, 15) is 0 Å². The Balaban J connectivity index is 1.86. The van der Waals surface area contributed by atoms with Gasteiger partial charge >= 0.3 is 0 Å². The first-order valence-corrected chi connectivity index (χ1v) is 6.16. The van der Waals surface area contributed by atoms with Gasteiger partial charge in [0.1, 0.15) is 0 Å². The molecule has 0 saturated heterocycles. The minimum absolute atomic E-state index is 0.522. The molecule has 17 heavy (non-hydrogen) atoms. The summed E-state index contributed by atoms with van der Waals surface area (Å²) in [5.41, 5.74) is 1.73. The van der Waals surface area contributed by atoms with Crippen LogP contribution in [0.1, 0.15) is 25.3 Å². The van der Waals surface area contributed by atoms with Crippen LogP contribution in [0.15, 0.2) is 24.3 Å². The Morgan fingerprint density at radius 1 is 1.53 bits per heavy atom. The zero-order valence-electron chi connectivity index (χ0n) is 10.5. The van der Waals surface area contributed by atoms with Gasteiger partial charge in [-0.25, -0.2) is 0 Å². The summed E-state index contributed by atoms with van der Waals surface area (Å²) < 4.78 is 0. The highest BCUT2D eigenvalue weighted by Gasteiger charge is 2.28. The molecule has 2 rings (SSSR count). The molecule has 90 valence electrons. The van der Waals surface area contributed by atoms with Gasteiger partial charge in [-0.3, -0.25) is 4.90 Å². The number of nitriles is 1. The molecule has 1 aliphatic rings. The number of anilines is 1. The molecule has 1 aromatic carbocycles. The maximum absolute atomic E-state index is 8.82. The molecule has 0 aromatic heterocycles. The normalized spacial score (nSPS) is 16.6. The first-order valence-electron chi connectivity index (χ1n) is 6.16. The molecule has 1 N–H and O–H groups in total. The van der Waals surface area contributed by atoms with Crippen LogP contribution in [0.2, 0.25) is 0 Å². The van der Waals surface area contributed by atoms with Gasteiger partial charge in [0.2, 0.25) is 0 Å². The van der Waals surface area contributed by atoms with Gasteiger partial charge < -0.3 is 5.32 Å². The molecule has 1 saturated carbocycles. The monoisotopic (exact) mass is 229 g/mol. The number of hydrogen-bond acceptors (Lipinski definition) is 3. The smallest absolute Gasteiger partial charge is 0.0992 e. The summed E-state index contributed by atoms with van der Waals surface area (Å²) in [5, 5.41) is 12.2. The summed E-state index contributed by atoms with van der Waals surface area (Å²) in [5.74, 6) is 0. The zero-order valence-corrected chi connectivity index (χ0v) is 10.5. The predicted octanol–water partition coefficient (Wildman–Crippen LogP) is 2.45. The standard InChI is InChI=1S/C14H19N3/c1-11(17(2)14-6-7-14)10-16-13-5-3-4-12(8-13)9-15/h3-5,8,11,14,16H,6-7,10H2,1-2H3. The lowest BCUT2D eigenvalue weighted by molar-refractivity contribution is 0.257. The van der Waals surface area contributed by atoms with Crippen molar-refractivity contribution in [1.29, 1.82) is 5.26 Å². The van der Waals surface area contributed by atoms with Crippen molar-refractivity contribution in [3.63, 3.8) is 0 Å². The number of benzene rings is 1. The Morgan fingerprint density at radius 3 is 2.94 bits per heavy atom. The second-order valence-corrected chi connectivity index (χ2v) is 4.82. The van der Waals surface area contributed by atoms with Crippen molar-refractivity contribution in [2.24, 2.45) is 0 Å². The van der Waals surface area contributed by atoms with Crippen LogP contribution in [0.4, 0.5) is 5.69 Å². The Labute approximate surface area is 103 Å². The molecule has 0 bridgehead atoms. The zero-order chi connectivity index (χ0) is 12.3. The topological polar surface area (TPSA) is 39.1 Å². The van der Waals surface area contributed by atoms with Crippen molar-refractivity contribution in [3.05, 3.63) is 29.8 Å². The van der Waals surface area contributed by atoms with Gasteiger partial charge in [0, 0.05) is 24.3 Å². The van der Waals surface area contributed by atoms with Crippen LogP contribution in [-0.2, 0) is 0 Å². The molecule has 0 aliphatic heterocycles. The Morgan fingerprint density at radius 2 is 2.29 bits per heavy atom. The van der Waals surface area contributed by atoms with E-state index in [0.717, 1.165) is 18.3 Å². The van der Waals surface area contributed by atoms with E-state index < -0.39 is 0 Å². The van der Waals surface area contributed by atoms with Crippen LogP contribution in [0.3, 0.4) is 0 Å². The lowest BCUT2D eigenvalue weighted by atomic mass is 10.2. The van der Waals surface area contributed by atoms with Crippen LogP contribution in [-0.4, -0.2) is 30.6 Å². The molecule has 3 nitrogen and oxygen atoms in total. The molecule has 1 unspecified atom stereocenters. The molecule has 0 spiro atoms. The highest BCUT2D eigenvalue weighted by atomic mass is 15.2. The highest BCUT2D eigenvalue weighted by Crippen LogP contribution is 2.26. The van der Waals surface area contributed by atoms with Gasteiger partial charge in [-0.2, -0.15) is 5.26 Å². The minimum Gasteiger partial charge on any atom is -0.383 e. The summed E-state index contributed by atoms with van der Waals surface area (Å²) in [6, 6.07) is 11.1. The quantitative estimate of drug-likeness (QED) is 0.843. The van der Waals surface area contributed by atoms with Gasteiger partial charge in [-0.05, 0) is 45.0 Å². The van der Waals surface area contributed by atoms with Crippen LogP contribution in [0.25, 0.3) is 0 Å². The second-order valence-electron chi connectivity index (χ2n) is 4.82. The Hall–Kier alpha value is -1.53. The minimum atomic E-state index is 0.522. The maximum atomic E-state index is 8.82. The summed E-state index contributed by atoms with van der Waals surface area (Å²) >= 11 is 0. The lowest BCUT2D eigenvalue weighted by Gasteiger charge is -2.25. The van der Waals surface area contributed by atoms with Gasteiger partial charge in [0.15, 0.2) is 0 Å². The van der Waals surface area contributed by atoms with Crippen molar-refractivity contribution in [2.45, 2.75) is 31.8 Å². The largest absolute Gasteiger partial charge is 0.383 e. The van der Waals surface area contributed by atoms with E-state index in [4.69, 9.17) is 5.26 Å². The second kappa shape index (κ2) is 5.20. The molecule has 1 fully saturated rings. The fourth-order valence-electron chi connectivity index (χ4n) is 1.95. The molecular formula is C14H19N3. The first kappa shape index (κ1) is 11.9. The molecule has 1 aliphatic carbocycles. The average molecular weight is 229 g/mol. The third-order valence-electron chi connectivity index (χ3n) is 3.41. The van der Waals surface area contributed by atoms with Crippen LogP contribution >= 0.6 is 0 Å². The summed E-state index contributed by atoms with van der Waals surface area (Å²) in [7, 11) is 2.19. The summed E-state index contributed by atoms with van der Waals surface area (Å²) in [4.78, 5) is 2.43. The van der Waals surface area contributed by atoms with E-state index in [1.54, 1.807) is 0 Å². The number of rotatable bonds is 5. The number of nitrogens with zero attached hydrogens (tertiary/aromatic N) is 2. The molecular weight excluding hydrogens is 210 g/mol. The molecule has 0 heterocycles. The molecule has 1 aromatic rings. The molecule has 3 heteroatoms. The van der Waals surface area contributed by atoms with Crippen LogP contribution < -0.4 is 5.32 Å². The predicted molar refractivity (Wildman–Crippen MR) is 69.9 cm³/mol. The van der Waals surface area contributed by atoms with Crippen molar-refractivity contribution in [2.75, 3.05) is 18.9 Å². The third-order valence-corrected chi connectivity index (χ3v) is 3.41.